The fourth-order valence-corrected chi connectivity index (χ4v) is 1.85. The maximum absolute atomic E-state index is 5.92. The van der Waals surface area contributed by atoms with Crippen LogP contribution >= 0.6 is 11.6 Å². The Morgan fingerprint density at radius 2 is 2.32 bits per heavy atom. The smallest absolute Gasteiger partial charge is 0.158 e. The number of ether oxygens (including phenoxy) is 1. The van der Waals surface area contributed by atoms with E-state index in [0.29, 0.717) is 17.6 Å². The molecule has 0 amide bonds. The first kappa shape index (κ1) is 13.8. The summed E-state index contributed by atoms with van der Waals surface area (Å²) in [6.45, 7) is 2.07. The minimum atomic E-state index is 0.351. The van der Waals surface area contributed by atoms with Crippen molar-refractivity contribution in [2.75, 3.05) is 19.0 Å². The molecule has 1 N–H and O–H groups in total. The molecule has 19 heavy (non-hydrogen) atoms. The highest BCUT2D eigenvalue weighted by Gasteiger charge is 2.02. The van der Waals surface area contributed by atoms with Crippen molar-refractivity contribution in [2.24, 2.45) is 0 Å². The lowest BCUT2D eigenvalue weighted by Crippen LogP contribution is -2.08. The number of hydrogen-bond donors (Lipinski definition) is 1. The quantitative estimate of drug-likeness (QED) is 0.621. The lowest BCUT2D eigenvalue weighted by molar-refractivity contribution is 0.178. The Kier molecular flexibility index (Phi) is 5.11. The second kappa shape index (κ2) is 7.06. The molecular formula is C12H16ClN5O. The lowest BCUT2D eigenvalue weighted by Gasteiger charge is -2.08. The number of anilines is 1. The normalized spacial score (nSPS) is 10.6. The summed E-state index contributed by atoms with van der Waals surface area (Å²) in [5.74, 6) is 1.30. The maximum atomic E-state index is 5.92. The summed E-state index contributed by atoms with van der Waals surface area (Å²) in [7, 11) is 1.60. The molecule has 2 heterocycles. The molecule has 6 nitrogen and oxygen atoms in total. The van der Waals surface area contributed by atoms with Gasteiger partial charge in [0.15, 0.2) is 5.82 Å². The molecule has 0 radical (unpaired) electrons. The van der Waals surface area contributed by atoms with Crippen molar-refractivity contribution in [1.29, 1.82) is 0 Å². The molecule has 0 aliphatic rings. The molecule has 0 aromatic carbocycles. The van der Waals surface area contributed by atoms with E-state index in [-0.39, 0.29) is 0 Å². The Morgan fingerprint density at radius 3 is 3.05 bits per heavy atom. The molecule has 0 fully saturated rings. The van der Waals surface area contributed by atoms with Crippen molar-refractivity contribution in [3.05, 3.63) is 35.8 Å². The fourth-order valence-electron chi connectivity index (χ4n) is 1.65. The van der Waals surface area contributed by atoms with Crippen molar-refractivity contribution in [2.45, 2.75) is 19.6 Å². The molecule has 2 aromatic rings. The fraction of sp³-hybridized carbons (Fsp3) is 0.417. The third-order valence-corrected chi connectivity index (χ3v) is 2.67. The van der Waals surface area contributed by atoms with Gasteiger partial charge in [0.05, 0.1) is 6.33 Å². The number of methoxy groups -OCH3 is 1. The Hall–Kier alpha value is -1.66. The predicted octanol–water partition coefficient (Wildman–Crippen LogP) is 1.98. The topological polar surface area (TPSA) is 64.9 Å². The molecule has 102 valence electrons. The van der Waals surface area contributed by atoms with Crippen LogP contribution < -0.4 is 5.32 Å². The third-order valence-electron chi connectivity index (χ3n) is 2.47. The van der Waals surface area contributed by atoms with Crippen LogP contribution in [-0.4, -0.2) is 33.2 Å². The van der Waals surface area contributed by atoms with Crippen LogP contribution in [0.1, 0.15) is 12.2 Å². The third kappa shape index (κ3) is 4.50. The van der Waals surface area contributed by atoms with E-state index in [1.165, 1.54) is 0 Å². The van der Waals surface area contributed by atoms with Gasteiger partial charge < -0.3 is 14.6 Å². The maximum Gasteiger partial charge on any atom is 0.158 e. The number of imidazole rings is 1. The average Bonchev–Trinajstić information content (AvgIpc) is 2.87. The second-order valence-electron chi connectivity index (χ2n) is 4.01. The number of nitrogens with one attached hydrogen (secondary N) is 1. The second-order valence-corrected chi connectivity index (χ2v) is 4.39. The van der Waals surface area contributed by atoms with Gasteiger partial charge in [0.2, 0.25) is 0 Å². The van der Waals surface area contributed by atoms with E-state index in [9.17, 15) is 0 Å². The zero-order valence-electron chi connectivity index (χ0n) is 10.7. The highest BCUT2D eigenvalue weighted by Crippen LogP contribution is 2.12. The van der Waals surface area contributed by atoms with Gasteiger partial charge in [-0.15, -0.1) is 0 Å². The number of hydrogen-bond acceptors (Lipinski definition) is 5. The van der Waals surface area contributed by atoms with Gasteiger partial charge in [-0.1, -0.05) is 11.6 Å². The zero-order valence-corrected chi connectivity index (χ0v) is 11.5. The summed E-state index contributed by atoms with van der Waals surface area (Å²) in [4.78, 5) is 12.4. The number of halogens is 1. The lowest BCUT2D eigenvalue weighted by atomic mass is 10.4. The molecule has 0 aliphatic heterocycles. The van der Waals surface area contributed by atoms with E-state index in [1.54, 1.807) is 25.7 Å². The van der Waals surface area contributed by atoms with Crippen molar-refractivity contribution in [3.8, 4) is 0 Å². The summed E-state index contributed by atoms with van der Waals surface area (Å²) in [6.07, 6.45) is 6.49. The van der Waals surface area contributed by atoms with Gasteiger partial charge in [0, 0.05) is 38.7 Å². The largest absolute Gasteiger partial charge is 0.377 e. The zero-order chi connectivity index (χ0) is 13.5. The van der Waals surface area contributed by atoms with Gasteiger partial charge in [-0.25, -0.2) is 15.0 Å². The first-order valence-corrected chi connectivity index (χ1v) is 6.38. The molecule has 2 aromatic heterocycles. The summed E-state index contributed by atoms with van der Waals surface area (Å²) in [6, 6.07) is 1.71. The highest BCUT2D eigenvalue weighted by atomic mass is 35.5. The number of nitrogens with zero attached hydrogens (tertiary/aromatic N) is 4. The Labute approximate surface area is 116 Å². The van der Waals surface area contributed by atoms with Crippen LogP contribution in [0.5, 0.6) is 0 Å². The number of rotatable bonds is 7. The van der Waals surface area contributed by atoms with E-state index >= 15 is 0 Å². The first-order chi connectivity index (χ1) is 9.28. The minimum Gasteiger partial charge on any atom is -0.377 e. The molecule has 2 rings (SSSR count). The van der Waals surface area contributed by atoms with Crippen LogP contribution in [-0.2, 0) is 17.9 Å². The summed E-state index contributed by atoms with van der Waals surface area (Å²) in [5, 5.41) is 3.64. The molecule has 0 saturated heterocycles. The Bertz CT molecular complexity index is 503. The molecule has 0 unspecified atom stereocenters. The highest BCUT2D eigenvalue weighted by molar-refractivity contribution is 6.29. The first-order valence-electron chi connectivity index (χ1n) is 6.00. The van der Waals surface area contributed by atoms with Gasteiger partial charge in [-0.05, 0) is 6.42 Å². The van der Waals surface area contributed by atoms with Crippen LogP contribution in [0, 0.1) is 0 Å². The molecule has 0 aliphatic carbocycles. The molecule has 0 saturated carbocycles. The monoisotopic (exact) mass is 281 g/mol. The number of aromatic nitrogens is 4. The molecule has 0 bridgehead atoms. The van der Waals surface area contributed by atoms with Crippen LogP contribution in [0.25, 0.3) is 0 Å². The SMILES string of the molecule is COCc1nc(Cl)cc(NCCCn2ccnc2)n1. The average molecular weight is 282 g/mol. The van der Waals surface area contributed by atoms with E-state index in [0.717, 1.165) is 25.3 Å². The Balaban J connectivity index is 1.81. The van der Waals surface area contributed by atoms with Crippen molar-refractivity contribution < 1.29 is 4.74 Å². The molecular weight excluding hydrogens is 266 g/mol. The Morgan fingerprint density at radius 1 is 1.42 bits per heavy atom. The van der Waals surface area contributed by atoms with Gasteiger partial charge >= 0.3 is 0 Å². The van der Waals surface area contributed by atoms with Crippen LogP contribution in [0.4, 0.5) is 5.82 Å². The van der Waals surface area contributed by atoms with Crippen molar-refractivity contribution in [3.63, 3.8) is 0 Å². The van der Waals surface area contributed by atoms with Gasteiger partial charge in [0.25, 0.3) is 0 Å². The van der Waals surface area contributed by atoms with E-state index in [1.807, 2.05) is 10.8 Å². The summed E-state index contributed by atoms with van der Waals surface area (Å²) < 4.78 is 7.02. The molecule has 0 atom stereocenters. The van der Waals surface area contributed by atoms with Gasteiger partial charge in [0.1, 0.15) is 17.6 Å². The molecule has 0 spiro atoms. The van der Waals surface area contributed by atoms with Crippen molar-refractivity contribution >= 4 is 17.4 Å². The number of aryl methyl sites for hydroxylation is 1. The standard InChI is InChI=1S/C12H16ClN5O/c1-19-8-12-16-10(13)7-11(17-12)15-3-2-5-18-6-4-14-9-18/h4,6-7,9H,2-3,5,8H2,1H3,(H,15,16,17). The van der Waals surface area contributed by atoms with E-state index < -0.39 is 0 Å². The van der Waals surface area contributed by atoms with Gasteiger partial charge in [-0.3, -0.25) is 0 Å². The molecule has 7 heteroatoms. The minimum absolute atomic E-state index is 0.351. The predicted molar refractivity (Wildman–Crippen MR) is 73.1 cm³/mol. The summed E-state index contributed by atoms with van der Waals surface area (Å²) >= 11 is 5.92. The van der Waals surface area contributed by atoms with Crippen LogP contribution in [0.3, 0.4) is 0 Å². The van der Waals surface area contributed by atoms with E-state index in [2.05, 4.69) is 20.3 Å². The van der Waals surface area contributed by atoms with Crippen LogP contribution in [0.15, 0.2) is 24.8 Å². The summed E-state index contributed by atoms with van der Waals surface area (Å²) in [5.41, 5.74) is 0. The van der Waals surface area contributed by atoms with Crippen molar-refractivity contribution in [1.82, 2.24) is 19.5 Å². The van der Waals surface area contributed by atoms with Crippen LogP contribution in [0.2, 0.25) is 5.15 Å². The van der Waals surface area contributed by atoms with Gasteiger partial charge in [-0.2, -0.15) is 0 Å². The van der Waals surface area contributed by atoms with E-state index in [4.69, 9.17) is 16.3 Å².